The summed E-state index contributed by atoms with van der Waals surface area (Å²) in [7, 11) is 0. The zero-order valence-corrected chi connectivity index (χ0v) is 23.3. The zero-order valence-electron chi connectivity index (χ0n) is 23.3. The van der Waals surface area contributed by atoms with Crippen LogP contribution in [0.1, 0.15) is 77.6 Å². The third-order valence-electron chi connectivity index (χ3n) is 5.23. The largest absolute Gasteiger partial charge is 0.481 e. The average Bonchev–Trinajstić information content (AvgIpc) is 2.89. The van der Waals surface area contributed by atoms with E-state index in [9.17, 15) is 14.4 Å². The molecule has 0 aromatic carbocycles. The van der Waals surface area contributed by atoms with Crippen LogP contribution < -0.4 is 0 Å². The molecule has 0 bridgehead atoms. The molecule has 0 saturated carbocycles. The average molecular weight is 551 g/mol. The maximum atomic E-state index is 11.6. The van der Waals surface area contributed by atoms with Gasteiger partial charge in [0.15, 0.2) is 0 Å². The molecule has 0 rings (SSSR count). The first-order valence-electron chi connectivity index (χ1n) is 14.0. The molecule has 0 amide bonds. The van der Waals surface area contributed by atoms with Crippen molar-refractivity contribution < 1.29 is 52.6 Å². The molecule has 0 heterocycles. The summed E-state index contributed by atoms with van der Waals surface area (Å²) in [5.74, 6) is -1.37. The van der Waals surface area contributed by atoms with Crippen LogP contribution in [0.5, 0.6) is 0 Å². The van der Waals surface area contributed by atoms with Crippen LogP contribution in [0.25, 0.3) is 0 Å². The van der Waals surface area contributed by atoms with E-state index in [1.165, 1.54) is 25.7 Å². The molecule has 38 heavy (non-hydrogen) atoms. The minimum atomic E-state index is -0.862. The van der Waals surface area contributed by atoms with Crippen molar-refractivity contribution in [2.24, 2.45) is 0 Å². The van der Waals surface area contributed by atoms with E-state index in [4.69, 9.17) is 38.3 Å². The molecule has 11 heteroatoms. The molecule has 0 atom stereocenters. The lowest BCUT2D eigenvalue weighted by atomic mass is 10.1. The van der Waals surface area contributed by atoms with Crippen LogP contribution in [0.4, 0.5) is 0 Å². The Bertz CT molecular complexity index is 557. The van der Waals surface area contributed by atoms with Crippen molar-refractivity contribution in [3.8, 4) is 0 Å². The molecule has 0 aliphatic heterocycles. The maximum absolute atomic E-state index is 11.6. The second kappa shape index (κ2) is 29.8. The highest BCUT2D eigenvalue weighted by Gasteiger charge is 2.04. The van der Waals surface area contributed by atoms with Gasteiger partial charge in [-0.1, -0.05) is 39.0 Å². The van der Waals surface area contributed by atoms with Crippen molar-refractivity contribution in [3.63, 3.8) is 0 Å². The fourth-order valence-corrected chi connectivity index (χ4v) is 3.15. The van der Waals surface area contributed by atoms with Gasteiger partial charge in [-0.25, -0.2) is 0 Å². The fraction of sp³-hybridized carbons (Fsp3) is 0.889. The molecule has 0 aromatic heterocycles. The second-order valence-corrected chi connectivity index (χ2v) is 8.62. The van der Waals surface area contributed by atoms with Gasteiger partial charge in [0.25, 0.3) is 0 Å². The molecule has 224 valence electrons. The summed E-state index contributed by atoms with van der Waals surface area (Å²) in [6.07, 6.45) is 8.61. The molecule has 0 aromatic rings. The van der Waals surface area contributed by atoms with Crippen LogP contribution >= 0.6 is 0 Å². The number of ether oxygens (including phenoxy) is 7. The maximum Gasteiger partial charge on any atom is 0.305 e. The molecule has 11 nitrogen and oxygen atoms in total. The topological polar surface area (TPSA) is 136 Å². The third kappa shape index (κ3) is 30.4. The van der Waals surface area contributed by atoms with E-state index in [-0.39, 0.29) is 44.6 Å². The number of hydrogen-bond donors (Lipinski definition) is 1. The number of unbranched alkanes of at least 4 members (excludes halogenated alkanes) is 6. The number of esters is 2. The molecule has 0 saturated heterocycles. The molecule has 0 aliphatic carbocycles. The Morgan fingerprint density at radius 1 is 0.447 bits per heavy atom. The van der Waals surface area contributed by atoms with Crippen molar-refractivity contribution in [2.75, 3.05) is 79.3 Å². The lowest BCUT2D eigenvalue weighted by Crippen LogP contribution is -2.15. The number of carboxylic acids is 1. The Morgan fingerprint density at radius 2 is 0.763 bits per heavy atom. The van der Waals surface area contributed by atoms with Crippen molar-refractivity contribution in [2.45, 2.75) is 77.6 Å². The molecule has 0 spiro atoms. The van der Waals surface area contributed by atoms with E-state index in [2.05, 4.69) is 6.92 Å². The lowest BCUT2D eigenvalue weighted by Gasteiger charge is -2.08. The fourth-order valence-electron chi connectivity index (χ4n) is 3.15. The van der Waals surface area contributed by atoms with Crippen molar-refractivity contribution in [3.05, 3.63) is 0 Å². The summed E-state index contributed by atoms with van der Waals surface area (Å²) in [5, 5.41) is 8.53. The lowest BCUT2D eigenvalue weighted by molar-refractivity contribution is -0.146. The van der Waals surface area contributed by atoms with Crippen LogP contribution in [0.15, 0.2) is 0 Å². The summed E-state index contributed by atoms with van der Waals surface area (Å²) in [6.45, 7) is 6.75. The summed E-state index contributed by atoms with van der Waals surface area (Å²) in [4.78, 5) is 33.4. The highest BCUT2D eigenvalue weighted by atomic mass is 16.6. The number of rotatable bonds is 30. The number of carbonyl (C=O) groups excluding carboxylic acids is 2. The summed E-state index contributed by atoms with van der Waals surface area (Å²) in [6, 6.07) is 0. The Balaban J connectivity index is 3.18. The van der Waals surface area contributed by atoms with Crippen LogP contribution in [0, 0.1) is 0 Å². The van der Waals surface area contributed by atoms with Crippen LogP contribution in [0.2, 0.25) is 0 Å². The summed E-state index contributed by atoms with van der Waals surface area (Å²) in [5.41, 5.74) is 0. The normalized spacial score (nSPS) is 11.0. The van der Waals surface area contributed by atoms with Crippen molar-refractivity contribution in [1.82, 2.24) is 0 Å². The molecular weight excluding hydrogens is 500 g/mol. The van der Waals surface area contributed by atoms with Crippen molar-refractivity contribution >= 4 is 17.9 Å². The predicted molar refractivity (Wildman–Crippen MR) is 140 cm³/mol. The van der Waals surface area contributed by atoms with E-state index in [1.54, 1.807) is 0 Å². The smallest absolute Gasteiger partial charge is 0.305 e. The Hall–Kier alpha value is -1.79. The van der Waals surface area contributed by atoms with E-state index in [0.29, 0.717) is 78.7 Å². The first kappa shape index (κ1) is 36.2. The molecule has 0 unspecified atom stereocenters. The summed E-state index contributed by atoms with van der Waals surface area (Å²) >= 11 is 0. The molecule has 1 N–H and O–H groups in total. The van der Waals surface area contributed by atoms with Gasteiger partial charge in [-0.05, 0) is 19.3 Å². The van der Waals surface area contributed by atoms with Crippen LogP contribution in [-0.2, 0) is 47.5 Å². The molecular formula is C27H50O11. The van der Waals surface area contributed by atoms with Crippen LogP contribution in [0.3, 0.4) is 0 Å². The van der Waals surface area contributed by atoms with E-state index >= 15 is 0 Å². The Labute approximate surface area is 227 Å². The van der Waals surface area contributed by atoms with E-state index in [1.807, 2.05) is 0 Å². The van der Waals surface area contributed by atoms with E-state index in [0.717, 1.165) is 12.8 Å². The van der Waals surface area contributed by atoms with Gasteiger partial charge in [-0.3, -0.25) is 14.4 Å². The van der Waals surface area contributed by atoms with Gasteiger partial charge < -0.3 is 38.3 Å². The van der Waals surface area contributed by atoms with Gasteiger partial charge in [0, 0.05) is 19.3 Å². The first-order chi connectivity index (χ1) is 18.6. The Kier molecular flexibility index (Phi) is 28.4. The standard InChI is InChI=1S/C27H50O11/c1-2-3-4-5-6-7-11-26(30)37-23-21-35-19-17-33-15-13-32-14-16-34-18-20-36-22-24-38-27(31)12-9-8-10-25(28)29/h2-24H2,1H3,(H,28,29). The van der Waals surface area contributed by atoms with Gasteiger partial charge in [0.2, 0.25) is 0 Å². The number of carboxylic acid groups (broad SMARTS) is 1. The van der Waals surface area contributed by atoms with Gasteiger partial charge >= 0.3 is 17.9 Å². The Morgan fingerprint density at radius 3 is 1.16 bits per heavy atom. The van der Waals surface area contributed by atoms with Crippen LogP contribution in [-0.4, -0.2) is 102 Å². The first-order valence-corrected chi connectivity index (χ1v) is 14.0. The monoisotopic (exact) mass is 550 g/mol. The highest BCUT2D eigenvalue weighted by Crippen LogP contribution is 2.07. The predicted octanol–water partition coefficient (Wildman–Crippen LogP) is 3.55. The minimum Gasteiger partial charge on any atom is -0.481 e. The van der Waals surface area contributed by atoms with Crippen molar-refractivity contribution in [1.29, 1.82) is 0 Å². The number of aliphatic carboxylic acids is 1. The van der Waals surface area contributed by atoms with E-state index < -0.39 is 5.97 Å². The summed E-state index contributed by atoms with van der Waals surface area (Å²) < 4.78 is 37.0. The van der Waals surface area contributed by atoms with Gasteiger partial charge in [0.1, 0.15) is 13.2 Å². The molecule has 0 aliphatic rings. The quantitative estimate of drug-likeness (QED) is 0.104. The number of hydrogen-bond acceptors (Lipinski definition) is 10. The third-order valence-corrected chi connectivity index (χ3v) is 5.23. The number of carbonyl (C=O) groups is 3. The highest BCUT2D eigenvalue weighted by molar-refractivity contribution is 5.70. The van der Waals surface area contributed by atoms with Gasteiger partial charge in [-0.2, -0.15) is 0 Å². The SMILES string of the molecule is CCCCCCCCC(=O)OCCOCCOCCOCCOCCOCCOC(=O)CCCCC(=O)O. The van der Waals surface area contributed by atoms with Gasteiger partial charge in [0.05, 0.1) is 66.1 Å². The molecule has 0 radical (unpaired) electrons. The second-order valence-electron chi connectivity index (χ2n) is 8.62. The van der Waals surface area contributed by atoms with Gasteiger partial charge in [-0.15, -0.1) is 0 Å². The molecule has 0 fully saturated rings. The zero-order chi connectivity index (χ0) is 27.9. The minimum absolute atomic E-state index is 0.0617.